The molecule has 0 saturated carbocycles. The van der Waals surface area contributed by atoms with Crippen molar-refractivity contribution in [3.63, 3.8) is 0 Å². The average molecular weight is 258 g/mol. The second-order valence-electron chi connectivity index (χ2n) is 5.84. The van der Waals surface area contributed by atoms with Crippen molar-refractivity contribution in [2.45, 2.75) is 46.3 Å². The number of pyridine rings is 1. The molecule has 0 saturated heterocycles. The van der Waals surface area contributed by atoms with Crippen LogP contribution in [0, 0.1) is 6.92 Å². The van der Waals surface area contributed by atoms with Crippen LogP contribution in [-0.4, -0.2) is 14.8 Å². The zero-order valence-corrected chi connectivity index (χ0v) is 12.1. The van der Waals surface area contributed by atoms with E-state index in [0.717, 1.165) is 24.5 Å². The van der Waals surface area contributed by atoms with E-state index >= 15 is 0 Å². The van der Waals surface area contributed by atoms with Gasteiger partial charge in [0, 0.05) is 30.5 Å². The van der Waals surface area contributed by atoms with Gasteiger partial charge in [0.05, 0.1) is 17.4 Å². The number of aromatic nitrogens is 3. The van der Waals surface area contributed by atoms with Crippen molar-refractivity contribution < 1.29 is 0 Å². The van der Waals surface area contributed by atoms with Crippen LogP contribution in [0.15, 0.2) is 30.6 Å². The fourth-order valence-electron chi connectivity index (χ4n) is 1.85. The second kappa shape index (κ2) is 5.53. The highest BCUT2D eigenvalue weighted by molar-refractivity contribution is 5.10. The maximum absolute atomic E-state index is 4.47. The second-order valence-corrected chi connectivity index (χ2v) is 5.84. The molecule has 0 aliphatic rings. The van der Waals surface area contributed by atoms with Gasteiger partial charge in [-0.05, 0) is 39.8 Å². The average Bonchev–Trinajstić information content (AvgIpc) is 2.77. The summed E-state index contributed by atoms with van der Waals surface area (Å²) >= 11 is 0. The lowest BCUT2D eigenvalue weighted by Gasteiger charge is -2.18. The molecule has 0 aromatic carbocycles. The quantitative estimate of drug-likeness (QED) is 0.916. The van der Waals surface area contributed by atoms with Crippen LogP contribution in [0.1, 0.15) is 37.7 Å². The van der Waals surface area contributed by atoms with Crippen molar-refractivity contribution in [1.29, 1.82) is 0 Å². The third-order valence-corrected chi connectivity index (χ3v) is 2.90. The molecule has 0 spiro atoms. The minimum atomic E-state index is 0.0380. The van der Waals surface area contributed by atoms with Gasteiger partial charge in [-0.3, -0.25) is 9.67 Å². The van der Waals surface area contributed by atoms with Crippen LogP contribution in [0.4, 0.5) is 0 Å². The van der Waals surface area contributed by atoms with E-state index in [1.807, 2.05) is 36.0 Å². The summed E-state index contributed by atoms with van der Waals surface area (Å²) in [6.07, 6.45) is 4.01. The lowest BCUT2D eigenvalue weighted by Crippen LogP contribution is -2.22. The third kappa shape index (κ3) is 3.89. The molecule has 1 N–H and O–H groups in total. The van der Waals surface area contributed by atoms with Crippen LogP contribution in [-0.2, 0) is 18.6 Å². The Hall–Kier alpha value is -1.68. The molecule has 2 rings (SSSR count). The van der Waals surface area contributed by atoms with Crippen molar-refractivity contribution in [2.24, 2.45) is 0 Å². The van der Waals surface area contributed by atoms with Gasteiger partial charge in [-0.2, -0.15) is 5.10 Å². The fourth-order valence-corrected chi connectivity index (χ4v) is 1.85. The Bertz CT molecular complexity index is 537. The van der Waals surface area contributed by atoms with Crippen molar-refractivity contribution >= 4 is 0 Å². The molecule has 0 unspecified atom stereocenters. The Morgan fingerprint density at radius 2 is 2.00 bits per heavy atom. The number of hydrogen-bond acceptors (Lipinski definition) is 3. The summed E-state index contributed by atoms with van der Waals surface area (Å²) < 4.78 is 1.99. The predicted octanol–water partition coefficient (Wildman–Crippen LogP) is 2.63. The topological polar surface area (TPSA) is 42.7 Å². The maximum atomic E-state index is 4.47. The summed E-state index contributed by atoms with van der Waals surface area (Å²) in [7, 11) is 0. The normalized spacial score (nSPS) is 11.8. The van der Waals surface area contributed by atoms with Crippen molar-refractivity contribution in [2.75, 3.05) is 0 Å². The van der Waals surface area contributed by atoms with Crippen molar-refractivity contribution in [3.8, 4) is 0 Å². The molecule has 0 radical (unpaired) electrons. The molecule has 4 nitrogen and oxygen atoms in total. The summed E-state index contributed by atoms with van der Waals surface area (Å²) in [5.41, 5.74) is 3.36. The number of aryl methyl sites for hydroxylation is 1. The molecule has 19 heavy (non-hydrogen) atoms. The first-order valence-corrected chi connectivity index (χ1v) is 6.62. The number of nitrogens with zero attached hydrogens (tertiary/aromatic N) is 3. The van der Waals surface area contributed by atoms with E-state index in [4.69, 9.17) is 0 Å². The van der Waals surface area contributed by atoms with Crippen molar-refractivity contribution in [3.05, 3.63) is 47.5 Å². The Labute approximate surface area is 114 Å². The number of rotatable bonds is 4. The molecule has 102 valence electrons. The van der Waals surface area contributed by atoms with E-state index in [2.05, 4.69) is 42.4 Å². The largest absolute Gasteiger partial charge is 0.307 e. The molecular weight excluding hydrogens is 236 g/mol. The molecular formula is C15H22N4. The van der Waals surface area contributed by atoms with Gasteiger partial charge in [0.25, 0.3) is 0 Å². The molecule has 0 bridgehead atoms. The van der Waals surface area contributed by atoms with Gasteiger partial charge in [-0.25, -0.2) is 0 Å². The summed E-state index contributed by atoms with van der Waals surface area (Å²) in [6.45, 7) is 10.0. The summed E-state index contributed by atoms with van der Waals surface area (Å²) in [6, 6.07) is 6.09. The summed E-state index contributed by atoms with van der Waals surface area (Å²) in [4.78, 5) is 4.47. The molecule has 4 heteroatoms. The fraction of sp³-hybridized carbons (Fsp3) is 0.467. The van der Waals surface area contributed by atoms with Crippen LogP contribution in [0.25, 0.3) is 0 Å². The first-order chi connectivity index (χ1) is 8.95. The van der Waals surface area contributed by atoms with E-state index in [1.165, 1.54) is 5.56 Å². The number of hydrogen-bond donors (Lipinski definition) is 1. The highest BCUT2D eigenvalue weighted by atomic mass is 15.3. The lowest BCUT2D eigenvalue weighted by atomic mass is 10.1. The summed E-state index contributed by atoms with van der Waals surface area (Å²) in [5.74, 6) is 0. The van der Waals surface area contributed by atoms with E-state index < -0.39 is 0 Å². The molecule has 2 aromatic heterocycles. The van der Waals surface area contributed by atoms with Gasteiger partial charge in [0.2, 0.25) is 0 Å². The van der Waals surface area contributed by atoms with Crippen LogP contribution in [0.3, 0.4) is 0 Å². The van der Waals surface area contributed by atoms with Crippen molar-refractivity contribution in [1.82, 2.24) is 20.1 Å². The molecule has 0 aliphatic carbocycles. The van der Waals surface area contributed by atoms with Gasteiger partial charge in [0.1, 0.15) is 0 Å². The molecule has 2 aromatic rings. The van der Waals surface area contributed by atoms with Crippen LogP contribution >= 0.6 is 0 Å². The Kier molecular flexibility index (Phi) is 4.00. The van der Waals surface area contributed by atoms with E-state index in [1.54, 1.807) is 0 Å². The maximum Gasteiger partial charge on any atom is 0.0544 e. The van der Waals surface area contributed by atoms with Gasteiger partial charge >= 0.3 is 0 Å². The first-order valence-electron chi connectivity index (χ1n) is 6.62. The highest BCUT2D eigenvalue weighted by Crippen LogP contribution is 2.13. The highest BCUT2D eigenvalue weighted by Gasteiger charge is 2.13. The lowest BCUT2D eigenvalue weighted by molar-refractivity contribution is 0.355. The van der Waals surface area contributed by atoms with Gasteiger partial charge in [-0.15, -0.1) is 0 Å². The minimum Gasteiger partial charge on any atom is -0.307 e. The van der Waals surface area contributed by atoms with E-state index in [9.17, 15) is 0 Å². The third-order valence-electron chi connectivity index (χ3n) is 2.90. The molecule has 2 heterocycles. The molecule has 0 aliphatic heterocycles. The Morgan fingerprint density at radius 3 is 2.63 bits per heavy atom. The molecule has 0 atom stereocenters. The Balaban J connectivity index is 1.88. The predicted molar refractivity (Wildman–Crippen MR) is 76.7 cm³/mol. The van der Waals surface area contributed by atoms with E-state index in [-0.39, 0.29) is 5.54 Å². The minimum absolute atomic E-state index is 0.0380. The SMILES string of the molecule is Cc1cccc(CNCc2cnn(C(C)(C)C)c2)n1. The Morgan fingerprint density at radius 1 is 1.21 bits per heavy atom. The smallest absolute Gasteiger partial charge is 0.0544 e. The number of nitrogens with one attached hydrogen (secondary N) is 1. The van der Waals surface area contributed by atoms with E-state index in [0.29, 0.717) is 0 Å². The molecule has 0 fully saturated rings. The molecule has 0 amide bonds. The van der Waals surface area contributed by atoms with Crippen LogP contribution in [0.2, 0.25) is 0 Å². The van der Waals surface area contributed by atoms with Crippen LogP contribution < -0.4 is 5.32 Å². The van der Waals surface area contributed by atoms with Gasteiger partial charge in [-0.1, -0.05) is 6.07 Å². The zero-order valence-electron chi connectivity index (χ0n) is 12.1. The van der Waals surface area contributed by atoms with Gasteiger partial charge < -0.3 is 5.32 Å². The van der Waals surface area contributed by atoms with Gasteiger partial charge in [0.15, 0.2) is 0 Å². The van der Waals surface area contributed by atoms with Crippen LogP contribution in [0.5, 0.6) is 0 Å². The standard InChI is InChI=1S/C15H22N4/c1-12-6-5-7-14(18-12)10-16-8-13-9-17-19(11-13)15(2,3)4/h5-7,9,11,16H,8,10H2,1-4H3. The zero-order chi connectivity index (χ0) is 13.9. The summed E-state index contributed by atoms with van der Waals surface area (Å²) in [5, 5.41) is 7.78. The monoisotopic (exact) mass is 258 g/mol. The first kappa shape index (κ1) is 13.7.